The smallest absolute Gasteiger partial charge is 0.251 e. The number of hydrogen-bond acceptors (Lipinski definition) is 7. The van der Waals surface area contributed by atoms with Crippen LogP contribution in [-0.4, -0.2) is 69.2 Å². The molecule has 0 saturated carbocycles. The normalized spacial score (nSPS) is 18.4. The zero-order valence-electron chi connectivity index (χ0n) is 17.5. The maximum Gasteiger partial charge on any atom is 0.251 e. The summed E-state index contributed by atoms with van der Waals surface area (Å²) in [6.07, 6.45) is -5.89. The van der Waals surface area contributed by atoms with Gasteiger partial charge in [0.05, 0.1) is 6.10 Å². The van der Waals surface area contributed by atoms with E-state index in [1.54, 1.807) is 19.1 Å². The zero-order chi connectivity index (χ0) is 22.7. The number of hydrogen-bond donors (Lipinski definition) is 6. The molecule has 3 rings (SSSR count). The predicted molar refractivity (Wildman–Crippen MR) is 114 cm³/mol. The molecule has 31 heavy (non-hydrogen) atoms. The fourth-order valence-electron chi connectivity index (χ4n) is 3.57. The van der Waals surface area contributed by atoms with Gasteiger partial charge in [0.1, 0.15) is 18.0 Å². The van der Waals surface area contributed by atoms with Gasteiger partial charge < -0.3 is 35.6 Å². The van der Waals surface area contributed by atoms with E-state index in [9.17, 15) is 25.2 Å². The van der Waals surface area contributed by atoms with Crippen molar-refractivity contribution < 1.29 is 35.1 Å². The van der Waals surface area contributed by atoms with Crippen LogP contribution in [0.15, 0.2) is 36.4 Å². The van der Waals surface area contributed by atoms with Crippen LogP contribution in [0, 0.1) is 12.8 Å². The van der Waals surface area contributed by atoms with E-state index in [-0.39, 0.29) is 12.5 Å². The van der Waals surface area contributed by atoms with E-state index in [1.165, 1.54) is 6.92 Å². The minimum absolute atomic E-state index is 0.0897. The molecule has 0 saturated heterocycles. The Morgan fingerprint density at radius 2 is 1.68 bits per heavy atom. The summed E-state index contributed by atoms with van der Waals surface area (Å²) in [7, 11) is 0. The van der Waals surface area contributed by atoms with Gasteiger partial charge in [0.2, 0.25) is 6.29 Å². The SMILES string of the molecule is Cc1cc(-c2ccc3c(c2)C(=O)NCC3)ccc1OC(O)C(O)C(O)C(O)C(C)CO. The second kappa shape index (κ2) is 9.76. The van der Waals surface area contributed by atoms with Gasteiger partial charge in [0, 0.05) is 24.6 Å². The Bertz CT molecular complexity index is 932. The highest BCUT2D eigenvalue weighted by Crippen LogP contribution is 2.29. The highest BCUT2D eigenvalue weighted by molar-refractivity contribution is 5.98. The maximum absolute atomic E-state index is 12.1. The summed E-state index contributed by atoms with van der Waals surface area (Å²) in [5.74, 6) is -0.479. The molecule has 2 aromatic rings. The quantitative estimate of drug-likeness (QED) is 0.332. The summed E-state index contributed by atoms with van der Waals surface area (Å²) < 4.78 is 5.40. The van der Waals surface area contributed by atoms with Crippen molar-refractivity contribution in [1.82, 2.24) is 5.32 Å². The maximum atomic E-state index is 12.1. The van der Waals surface area contributed by atoms with E-state index in [2.05, 4.69) is 5.32 Å². The molecule has 1 amide bonds. The molecule has 0 radical (unpaired) electrons. The van der Waals surface area contributed by atoms with E-state index in [0.29, 0.717) is 23.4 Å². The lowest BCUT2D eigenvalue weighted by Crippen LogP contribution is -2.49. The van der Waals surface area contributed by atoms with Crippen molar-refractivity contribution in [3.8, 4) is 16.9 Å². The molecule has 5 unspecified atom stereocenters. The minimum Gasteiger partial charge on any atom is -0.462 e. The van der Waals surface area contributed by atoms with Gasteiger partial charge in [-0.05, 0) is 53.8 Å². The van der Waals surface area contributed by atoms with Crippen LogP contribution < -0.4 is 10.1 Å². The van der Waals surface area contributed by atoms with Crippen LogP contribution in [0.2, 0.25) is 0 Å². The second-order valence-corrected chi connectivity index (χ2v) is 8.00. The highest BCUT2D eigenvalue weighted by atomic mass is 16.6. The highest BCUT2D eigenvalue weighted by Gasteiger charge is 2.34. The van der Waals surface area contributed by atoms with Gasteiger partial charge in [-0.3, -0.25) is 4.79 Å². The van der Waals surface area contributed by atoms with Crippen molar-refractivity contribution in [3.63, 3.8) is 0 Å². The summed E-state index contributed by atoms with van der Waals surface area (Å²) >= 11 is 0. The number of benzene rings is 2. The molecule has 8 nitrogen and oxygen atoms in total. The number of carbonyl (C=O) groups excluding carboxylic acids is 1. The first-order valence-corrected chi connectivity index (χ1v) is 10.2. The van der Waals surface area contributed by atoms with Crippen molar-refractivity contribution in [2.45, 2.75) is 44.9 Å². The third-order valence-corrected chi connectivity index (χ3v) is 5.65. The molecule has 0 fully saturated rings. The Morgan fingerprint density at radius 3 is 2.35 bits per heavy atom. The first-order chi connectivity index (χ1) is 14.7. The standard InChI is InChI=1S/C23H29NO7/c1-12-9-15(16-4-3-14-7-8-24-22(29)17(14)10-16)5-6-18(12)31-23(30)21(28)20(27)19(26)13(2)11-25/h3-6,9-10,13,19-21,23,25-28,30H,7-8,11H2,1-2H3,(H,24,29). The Kier molecular flexibility index (Phi) is 7.30. The van der Waals surface area contributed by atoms with Crippen LogP contribution in [0.3, 0.4) is 0 Å². The number of aliphatic hydroxyl groups excluding tert-OH is 5. The van der Waals surface area contributed by atoms with Crippen molar-refractivity contribution in [2.75, 3.05) is 13.2 Å². The summed E-state index contributed by atoms with van der Waals surface area (Å²) in [4.78, 5) is 12.1. The average Bonchev–Trinajstić information content (AvgIpc) is 2.78. The average molecular weight is 431 g/mol. The van der Waals surface area contributed by atoms with Crippen molar-refractivity contribution in [3.05, 3.63) is 53.1 Å². The molecule has 0 bridgehead atoms. The van der Waals surface area contributed by atoms with E-state index in [4.69, 9.17) is 9.84 Å². The fraction of sp³-hybridized carbons (Fsp3) is 0.435. The molecule has 0 aromatic heterocycles. The van der Waals surface area contributed by atoms with Gasteiger partial charge in [-0.1, -0.05) is 25.1 Å². The fourth-order valence-corrected chi connectivity index (χ4v) is 3.57. The third-order valence-electron chi connectivity index (χ3n) is 5.65. The van der Waals surface area contributed by atoms with Crippen molar-refractivity contribution >= 4 is 5.91 Å². The van der Waals surface area contributed by atoms with Crippen molar-refractivity contribution in [2.24, 2.45) is 5.92 Å². The predicted octanol–water partition coefficient (Wildman–Crippen LogP) is 0.356. The first kappa shape index (κ1) is 23.2. The van der Waals surface area contributed by atoms with Gasteiger partial charge in [-0.15, -0.1) is 0 Å². The number of aliphatic hydroxyl groups is 5. The van der Waals surface area contributed by atoms with Gasteiger partial charge in [0.15, 0.2) is 0 Å². The number of aryl methyl sites for hydroxylation is 1. The molecule has 1 heterocycles. The molecular formula is C23H29NO7. The number of ether oxygens (including phenoxy) is 1. The molecule has 5 atom stereocenters. The van der Waals surface area contributed by atoms with Crippen LogP contribution in [0.5, 0.6) is 5.75 Å². The van der Waals surface area contributed by atoms with Crippen LogP contribution in [0.25, 0.3) is 11.1 Å². The van der Waals surface area contributed by atoms with Gasteiger partial charge in [-0.2, -0.15) is 0 Å². The van der Waals surface area contributed by atoms with Crippen LogP contribution in [0.1, 0.15) is 28.4 Å². The lowest BCUT2D eigenvalue weighted by atomic mass is 9.94. The minimum atomic E-state index is -1.78. The molecule has 0 spiro atoms. The molecule has 2 aromatic carbocycles. The third kappa shape index (κ3) is 5.06. The second-order valence-electron chi connectivity index (χ2n) is 8.00. The van der Waals surface area contributed by atoms with E-state index in [0.717, 1.165) is 23.1 Å². The molecule has 8 heteroatoms. The molecule has 6 N–H and O–H groups in total. The summed E-state index contributed by atoms with van der Waals surface area (Å²) in [5.41, 5.74) is 4.06. The van der Waals surface area contributed by atoms with Gasteiger partial charge >= 0.3 is 0 Å². The summed E-state index contributed by atoms with van der Waals surface area (Å²) in [5, 5.41) is 52.2. The Hall–Kier alpha value is -2.49. The van der Waals surface area contributed by atoms with E-state index < -0.39 is 30.5 Å². The Morgan fingerprint density at radius 1 is 1.00 bits per heavy atom. The number of amides is 1. The first-order valence-electron chi connectivity index (χ1n) is 10.2. The largest absolute Gasteiger partial charge is 0.462 e. The molecule has 1 aliphatic rings. The lowest BCUT2D eigenvalue weighted by molar-refractivity contribution is -0.172. The van der Waals surface area contributed by atoms with Crippen LogP contribution in [-0.2, 0) is 6.42 Å². The number of rotatable bonds is 8. The molecule has 1 aliphatic heterocycles. The number of fused-ring (bicyclic) bond motifs is 1. The lowest BCUT2D eigenvalue weighted by Gasteiger charge is -2.29. The van der Waals surface area contributed by atoms with Crippen LogP contribution >= 0.6 is 0 Å². The zero-order valence-corrected chi connectivity index (χ0v) is 17.5. The number of nitrogens with one attached hydrogen (secondary N) is 1. The van der Waals surface area contributed by atoms with Crippen LogP contribution in [0.4, 0.5) is 0 Å². The Balaban J connectivity index is 1.74. The molecule has 0 aliphatic carbocycles. The van der Waals surface area contributed by atoms with Gasteiger partial charge in [0.25, 0.3) is 5.91 Å². The molecular weight excluding hydrogens is 402 g/mol. The van der Waals surface area contributed by atoms with Gasteiger partial charge in [-0.25, -0.2) is 0 Å². The summed E-state index contributed by atoms with van der Waals surface area (Å²) in [6, 6.07) is 11.0. The monoisotopic (exact) mass is 431 g/mol. The van der Waals surface area contributed by atoms with Crippen molar-refractivity contribution in [1.29, 1.82) is 0 Å². The van der Waals surface area contributed by atoms with E-state index >= 15 is 0 Å². The Labute approximate surface area is 180 Å². The van der Waals surface area contributed by atoms with E-state index in [1.807, 2.05) is 24.3 Å². The summed E-state index contributed by atoms with van der Waals surface area (Å²) in [6.45, 7) is 3.52. The topological polar surface area (TPSA) is 139 Å². The molecule has 168 valence electrons. The number of carbonyl (C=O) groups is 1.